The minimum Gasteiger partial charge on any atom is -0.323 e. The molecular weight excluding hydrogens is 260 g/mol. The highest BCUT2D eigenvalue weighted by Crippen LogP contribution is 2.22. The molecule has 1 aliphatic rings. The molecule has 0 radical (unpaired) electrons. The van der Waals surface area contributed by atoms with E-state index >= 15 is 0 Å². The normalized spacial score (nSPS) is 23.6. The van der Waals surface area contributed by atoms with Gasteiger partial charge in [-0.05, 0) is 38.2 Å². The molecule has 21 heavy (non-hydrogen) atoms. The van der Waals surface area contributed by atoms with Gasteiger partial charge in [0.2, 0.25) is 5.91 Å². The molecule has 3 nitrogen and oxygen atoms in total. The highest BCUT2D eigenvalue weighted by molar-refractivity contribution is 5.84. The van der Waals surface area contributed by atoms with Crippen molar-refractivity contribution in [3.8, 4) is 0 Å². The van der Waals surface area contributed by atoms with Crippen LogP contribution in [0, 0.1) is 0 Å². The lowest BCUT2D eigenvalue weighted by molar-refractivity contribution is -0.132. The third kappa shape index (κ3) is 3.85. The molecule has 3 unspecified atom stereocenters. The summed E-state index contributed by atoms with van der Waals surface area (Å²) in [6.45, 7) is 6.50. The van der Waals surface area contributed by atoms with Crippen LogP contribution in [-0.2, 0) is 11.2 Å². The van der Waals surface area contributed by atoms with E-state index in [-0.39, 0.29) is 12.2 Å². The predicted octanol–water partition coefficient (Wildman–Crippen LogP) is 3.34. The van der Waals surface area contributed by atoms with Crippen molar-refractivity contribution in [1.29, 1.82) is 0 Å². The molecule has 1 heterocycles. The number of hydrogen-bond acceptors (Lipinski definition) is 2. The number of rotatable bonds is 7. The monoisotopic (exact) mass is 288 g/mol. The Morgan fingerprint density at radius 1 is 1.24 bits per heavy atom. The number of carbonyl (C=O) groups is 1. The molecule has 116 valence electrons. The zero-order valence-corrected chi connectivity index (χ0v) is 13.5. The second kappa shape index (κ2) is 7.60. The quantitative estimate of drug-likeness (QED) is 0.834. The second-order valence-electron chi connectivity index (χ2n) is 6.05. The predicted molar refractivity (Wildman–Crippen MR) is 87.0 cm³/mol. The molecule has 3 heteroatoms. The first-order valence-electron chi connectivity index (χ1n) is 8.29. The fourth-order valence-corrected chi connectivity index (χ4v) is 3.28. The van der Waals surface area contributed by atoms with Crippen LogP contribution in [0.25, 0.3) is 0 Å². The fourth-order valence-electron chi connectivity index (χ4n) is 3.28. The summed E-state index contributed by atoms with van der Waals surface area (Å²) in [6.07, 6.45) is 5.22. The van der Waals surface area contributed by atoms with E-state index < -0.39 is 0 Å². The number of aryl methyl sites for hydroxylation is 1. The zero-order chi connectivity index (χ0) is 15.2. The topological polar surface area (TPSA) is 32.3 Å². The van der Waals surface area contributed by atoms with Crippen molar-refractivity contribution in [2.45, 2.75) is 71.1 Å². The first-order valence-corrected chi connectivity index (χ1v) is 8.29. The second-order valence-corrected chi connectivity index (χ2v) is 6.05. The highest BCUT2D eigenvalue weighted by Gasteiger charge is 2.39. The molecule has 1 aromatic rings. The summed E-state index contributed by atoms with van der Waals surface area (Å²) in [5, 5.41) is 3.53. The van der Waals surface area contributed by atoms with Crippen LogP contribution in [-0.4, -0.2) is 29.1 Å². The molecule has 0 aromatic heterocycles. The SMILES string of the molecule is CCCC(C)N1C(=O)C(CCc2ccccc2)NC1CC. The zero-order valence-electron chi connectivity index (χ0n) is 13.5. The van der Waals surface area contributed by atoms with E-state index in [0.717, 1.165) is 32.1 Å². The Morgan fingerprint density at radius 2 is 1.95 bits per heavy atom. The van der Waals surface area contributed by atoms with Gasteiger partial charge in [0.15, 0.2) is 0 Å². The molecule has 1 saturated heterocycles. The molecule has 1 amide bonds. The minimum atomic E-state index is -0.0190. The summed E-state index contributed by atoms with van der Waals surface area (Å²) < 4.78 is 0. The lowest BCUT2D eigenvalue weighted by Crippen LogP contribution is -2.42. The van der Waals surface area contributed by atoms with E-state index in [0.29, 0.717) is 11.9 Å². The summed E-state index contributed by atoms with van der Waals surface area (Å²) in [7, 11) is 0. The Hall–Kier alpha value is -1.35. The van der Waals surface area contributed by atoms with Gasteiger partial charge in [-0.15, -0.1) is 0 Å². The number of nitrogens with zero attached hydrogens (tertiary/aromatic N) is 1. The van der Waals surface area contributed by atoms with Crippen LogP contribution in [0.5, 0.6) is 0 Å². The molecular formula is C18H28N2O. The van der Waals surface area contributed by atoms with Gasteiger partial charge in [-0.3, -0.25) is 10.1 Å². The number of carbonyl (C=O) groups excluding carboxylic acids is 1. The van der Waals surface area contributed by atoms with Crippen LogP contribution >= 0.6 is 0 Å². The summed E-state index contributed by atoms with van der Waals surface area (Å²) in [5.41, 5.74) is 1.31. The van der Waals surface area contributed by atoms with E-state index in [1.165, 1.54) is 5.56 Å². The van der Waals surface area contributed by atoms with Crippen molar-refractivity contribution in [2.75, 3.05) is 0 Å². The Kier molecular flexibility index (Phi) is 5.80. The first-order chi connectivity index (χ1) is 10.2. The Bertz CT molecular complexity index is 446. The molecule has 1 fully saturated rings. The Morgan fingerprint density at radius 3 is 2.57 bits per heavy atom. The van der Waals surface area contributed by atoms with Gasteiger partial charge in [0.05, 0.1) is 12.2 Å². The van der Waals surface area contributed by atoms with Crippen molar-refractivity contribution in [2.24, 2.45) is 0 Å². The van der Waals surface area contributed by atoms with E-state index in [9.17, 15) is 4.79 Å². The molecule has 0 saturated carbocycles. The van der Waals surface area contributed by atoms with E-state index in [1.807, 2.05) is 6.07 Å². The van der Waals surface area contributed by atoms with Gasteiger partial charge in [0.25, 0.3) is 0 Å². The Balaban J connectivity index is 1.97. The van der Waals surface area contributed by atoms with E-state index in [2.05, 4.69) is 55.3 Å². The van der Waals surface area contributed by atoms with Crippen LogP contribution < -0.4 is 5.32 Å². The van der Waals surface area contributed by atoms with Gasteiger partial charge in [0, 0.05) is 6.04 Å². The van der Waals surface area contributed by atoms with Crippen molar-refractivity contribution < 1.29 is 4.79 Å². The third-order valence-electron chi connectivity index (χ3n) is 4.41. The standard InChI is InChI=1S/C18H28N2O/c1-4-9-14(3)20-17(5-2)19-16(18(20)21)13-12-15-10-7-6-8-11-15/h6-8,10-11,14,16-17,19H,4-5,9,12-13H2,1-3H3. The van der Waals surface area contributed by atoms with Gasteiger partial charge in [-0.1, -0.05) is 50.6 Å². The molecule has 1 N–H and O–H groups in total. The summed E-state index contributed by atoms with van der Waals surface area (Å²) in [4.78, 5) is 14.8. The fraction of sp³-hybridized carbons (Fsp3) is 0.611. The van der Waals surface area contributed by atoms with Crippen LogP contribution in [0.2, 0.25) is 0 Å². The van der Waals surface area contributed by atoms with Crippen molar-refractivity contribution in [3.63, 3.8) is 0 Å². The Labute approximate surface area is 128 Å². The molecule has 1 aromatic carbocycles. The molecule has 3 atom stereocenters. The average molecular weight is 288 g/mol. The maximum atomic E-state index is 12.7. The number of hydrogen-bond donors (Lipinski definition) is 1. The van der Waals surface area contributed by atoms with Crippen LogP contribution in [0.1, 0.15) is 52.0 Å². The maximum Gasteiger partial charge on any atom is 0.241 e. The van der Waals surface area contributed by atoms with Gasteiger partial charge < -0.3 is 4.90 Å². The van der Waals surface area contributed by atoms with Gasteiger partial charge in [-0.2, -0.15) is 0 Å². The summed E-state index contributed by atoms with van der Waals surface area (Å²) in [6, 6.07) is 10.7. The molecule has 0 spiro atoms. The average Bonchev–Trinajstić information content (AvgIpc) is 2.82. The molecule has 0 bridgehead atoms. The lowest BCUT2D eigenvalue weighted by atomic mass is 10.0. The maximum absolute atomic E-state index is 12.7. The van der Waals surface area contributed by atoms with E-state index in [4.69, 9.17) is 0 Å². The van der Waals surface area contributed by atoms with Crippen molar-refractivity contribution in [3.05, 3.63) is 35.9 Å². The summed E-state index contributed by atoms with van der Waals surface area (Å²) in [5.74, 6) is 0.290. The van der Waals surface area contributed by atoms with Gasteiger partial charge in [-0.25, -0.2) is 0 Å². The minimum absolute atomic E-state index is 0.0190. The number of nitrogens with one attached hydrogen (secondary N) is 1. The van der Waals surface area contributed by atoms with Gasteiger partial charge >= 0.3 is 0 Å². The third-order valence-corrected chi connectivity index (χ3v) is 4.41. The molecule has 1 aliphatic heterocycles. The number of amides is 1. The molecule has 0 aliphatic carbocycles. The van der Waals surface area contributed by atoms with Crippen molar-refractivity contribution >= 4 is 5.91 Å². The van der Waals surface area contributed by atoms with E-state index in [1.54, 1.807) is 0 Å². The van der Waals surface area contributed by atoms with Crippen molar-refractivity contribution in [1.82, 2.24) is 10.2 Å². The largest absolute Gasteiger partial charge is 0.323 e. The highest BCUT2D eigenvalue weighted by atomic mass is 16.2. The van der Waals surface area contributed by atoms with Crippen LogP contribution in [0.3, 0.4) is 0 Å². The molecule has 2 rings (SSSR count). The smallest absolute Gasteiger partial charge is 0.241 e. The van der Waals surface area contributed by atoms with Gasteiger partial charge in [0.1, 0.15) is 0 Å². The number of benzene rings is 1. The lowest BCUT2D eigenvalue weighted by Gasteiger charge is -2.29. The first kappa shape index (κ1) is 16.0. The van der Waals surface area contributed by atoms with Crippen LogP contribution in [0.4, 0.5) is 0 Å². The van der Waals surface area contributed by atoms with Crippen LogP contribution in [0.15, 0.2) is 30.3 Å². The summed E-state index contributed by atoms with van der Waals surface area (Å²) >= 11 is 0.